The van der Waals surface area contributed by atoms with Crippen LogP contribution in [0.4, 0.5) is 15.8 Å². The Labute approximate surface area is 212 Å². The minimum absolute atomic E-state index is 0.0436. The van der Waals surface area contributed by atoms with E-state index in [2.05, 4.69) is 9.44 Å². The molecule has 0 heterocycles. The molecule has 0 aromatic heterocycles. The lowest BCUT2D eigenvalue weighted by atomic mass is 10.1. The topological polar surface area (TPSA) is 70.6 Å². The van der Waals surface area contributed by atoms with Gasteiger partial charge in [0.25, 0.3) is 0 Å². The van der Waals surface area contributed by atoms with Gasteiger partial charge in [0.15, 0.2) is 5.75 Å². The second kappa shape index (κ2) is 11.2. The van der Waals surface area contributed by atoms with E-state index in [-0.39, 0.29) is 17.1 Å². The van der Waals surface area contributed by atoms with Gasteiger partial charge < -0.3 is 19.3 Å². The van der Waals surface area contributed by atoms with Crippen molar-refractivity contribution in [1.82, 2.24) is 0 Å². The minimum Gasteiger partial charge on any atom is -0.478 e. The molecule has 4 aromatic carbocycles. The second-order valence-electron chi connectivity index (χ2n) is 7.79. The zero-order chi connectivity index (χ0) is 24.8. The van der Waals surface area contributed by atoms with Crippen molar-refractivity contribution in [3.05, 3.63) is 107 Å². The molecule has 8 heteroatoms. The van der Waals surface area contributed by atoms with Gasteiger partial charge in [0.05, 0.1) is 16.9 Å². The van der Waals surface area contributed by atoms with Crippen molar-refractivity contribution < 1.29 is 19.0 Å². The summed E-state index contributed by atoms with van der Waals surface area (Å²) in [4.78, 5) is 13.8. The molecule has 0 bridgehead atoms. The Bertz CT molecular complexity index is 1330. The average Bonchev–Trinajstić information content (AvgIpc) is 2.84. The lowest BCUT2D eigenvalue weighted by Gasteiger charge is -2.15. The second-order valence-corrected chi connectivity index (χ2v) is 9.55. The number of hydrogen-bond donors (Lipinski definition) is 3. The molecule has 0 unspecified atom stereocenters. The van der Waals surface area contributed by atoms with E-state index in [1.54, 1.807) is 18.2 Å². The number of benzene rings is 4. The summed E-state index contributed by atoms with van der Waals surface area (Å²) in [6.45, 7) is 4.02. The molecule has 3 N–H and O–H groups in total. The fraction of sp³-hybridized carbons (Fsp3) is 0.0741. The van der Waals surface area contributed by atoms with E-state index in [1.165, 1.54) is 42.1 Å². The third-order valence-corrected chi connectivity index (χ3v) is 6.65. The molecule has 0 aliphatic heterocycles. The van der Waals surface area contributed by atoms with Gasteiger partial charge in [-0.25, -0.2) is 9.18 Å². The van der Waals surface area contributed by atoms with Crippen LogP contribution in [0.15, 0.2) is 94.7 Å². The minimum atomic E-state index is -1.10. The predicted octanol–water partition coefficient (Wildman–Crippen LogP) is 8.17. The van der Waals surface area contributed by atoms with Crippen LogP contribution < -0.4 is 14.2 Å². The lowest BCUT2D eigenvalue weighted by Crippen LogP contribution is -2.02. The Kier molecular flexibility index (Phi) is 7.84. The van der Waals surface area contributed by atoms with E-state index in [0.29, 0.717) is 11.4 Å². The van der Waals surface area contributed by atoms with Gasteiger partial charge in [-0.3, -0.25) is 0 Å². The fourth-order valence-electron chi connectivity index (χ4n) is 3.09. The van der Waals surface area contributed by atoms with Gasteiger partial charge in [0, 0.05) is 15.9 Å². The van der Waals surface area contributed by atoms with Crippen LogP contribution in [0, 0.1) is 19.7 Å². The SMILES string of the molecule is Cc1ccc(SNc2ccc(F)cc2Oc2ccc(NSc3ccc(C)cc3)c(C(=O)O)c2)cc1. The molecule has 178 valence electrons. The first-order chi connectivity index (χ1) is 16.9. The summed E-state index contributed by atoms with van der Waals surface area (Å²) < 4.78 is 26.2. The fourth-order valence-corrected chi connectivity index (χ4v) is 4.43. The lowest BCUT2D eigenvalue weighted by molar-refractivity contribution is 0.0697. The van der Waals surface area contributed by atoms with Crippen LogP contribution in [-0.2, 0) is 0 Å². The summed E-state index contributed by atoms with van der Waals surface area (Å²) in [7, 11) is 0. The summed E-state index contributed by atoms with van der Waals surface area (Å²) >= 11 is 2.69. The summed E-state index contributed by atoms with van der Waals surface area (Å²) in [6, 6.07) is 24.7. The third-order valence-electron chi connectivity index (χ3n) is 4.99. The van der Waals surface area contributed by atoms with Crippen LogP contribution in [0.25, 0.3) is 0 Å². The molecule has 0 aliphatic carbocycles. The van der Waals surface area contributed by atoms with Gasteiger partial charge >= 0.3 is 5.97 Å². The Morgan fingerprint density at radius 3 is 1.89 bits per heavy atom. The van der Waals surface area contributed by atoms with E-state index in [9.17, 15) is 14.3 Å². The van der Waals surface area contributed by atoms with E-state index < -0.39 is 11.8 Å². The maximum absolute atomic E-state index is 14.0. The molecule has 0 amide bonds. The number of hydrogen-bond acceptors (Lipinski definition) is 6. The van der Waals surface area contributed by atoms with Crippen molar-refractivity contribution in [1.29, 1.82) is 0 Å². The van der Waals surface area contributed by atoms with Gasteiger partial charge in [-0.1, -0.05) is 35.4 Å². The standard InChI is InChI=1S/C27H23FN2O3S2/c1-17-3-9-21(10-4-17)34-29-24-14-8-20(16-23(24)27(31)32)33-26-15-19(28)7-13-25(26)30-35-22-11-5-18(2)6-12-22/h3-16,29-30H,1-2H3,(H,31,32). The molecule has 0 radical (unpaired) electrons. The molecule has 35 heavy (non-hydrogen) atoms. The number of anilines is 2. The number of carbonyl (C=O) groups is 1. The Morgan fingerprint density at radius 1 is 0.771 bits per heavy atom. The molecule has 0 saturated carbocycles. The summed E-state index contributed by atoms with van der Waals surface area (Å²) in [5, 5.41) is 9.74. The van der Waals surface area contributed by atoms with Crippen LogP contribution in [-0.4, -0.2) is 11.1 Å². The van der Waals surface area contributed by atoms with Crippen LogP contribution in [0.1, 0.15) is 21.5 Å². The van der Waals surface area contributed by atoms with Crippen LogP contribution >= 0.6 is 23.9 Å². The molecular formula is C27H23FN2O3S2. The maximum atomic E-state index is 14.0. The van der Waals surface area contributed by atoms with Crippen molar-refractivity contribution >= 4 is 41.2 Å². The number of ether oxygens (including phenoxy) is 1. The highest BCUT2D eigenvalue weighted by Crippen LogP contribution is 2.35. The van der Waals surface area contributed by atoms with Crippen LogP contribution in [0.5, 0.6) is 11.5 Å². The number of rotatable bonds is 9. The first kappa shape index (κ1) is 24.5. The molecule has 0 aliphatic rings. The molecule has 0 atom stereocenters. The van der Waals surface area contributed by atoms with E-state index in [4.69, 9.17) is 4.74 Å². The molecular weight excluding hydrogens is 483 g/mol. The van der Waals surface area contributed by atoms with Crippen molar-refractivity contribution in [3.8, 4) is 11.5 Å². The van der Waals surface area contributed by atoms with Gasteiger partial charge in [-0.05, 0) is 92.3 Å². The van der Waals surface area contributed by atoms with Crippen molar-refractivity contribution in [2.45, 2.75) is 23.6 Å². The highest BCUT2D eigenvalue weighted by molar-refractivity contribution is 8.00. The van der Waals surface area contributed by atoms with E-state index in [0.717, 1.165) is 20.9 Å². The number of carboxylic acids is 1. The highest BCUT2D eigenvalue weighted by atomic mass is 32.2. The van der Waals surface area contributed by atoms with Crippen molar-refractivity contribution in [2.24, 2.45) is 0 Å². The number of carboxylic acid groups (broad SMARTS) is 1. The molecule has 4 rings (SSSR count). The molecule has 0 fully saturated rings. The van der Waals surface area contributed by atoms with Gasteiger partial charge in [-0.2, -0.15) is 0 Å². The van der Waals surface area contributed by atoms with Gasteiger partial charge in [-0.15, -0.1) is 0 Å². The Balaban J connectivity index is 1.51. The van der Waals surface area contributed by atoms with Crippen LogP contribution in [0.2, 0.25) is 0 Å². The van der Waals surface area contributed by atoms with Crippen molar-refractivity contribution in [2.75, 3.05) is 9.44 Å². The summed E-state index contributed by atoms with van der Waals surface area (Å²) in [5.41, 5.74) is 3.34. The molecule has 0 saturated heterocycles. The smallest absolute Gasteiger partial charge is 0.337 e. The summed E-state index contributed by atoms with van der Waals surface area (Å²) in [5.74, 6) is -1.04. The first-order valence-corrected chi connectivity index (χ1v) is 12.3. The normalized spacial score (nSPS) is 10.6. The molecule has 4 aromatic rings. The number of nitrogens with one attached hydrogen (secondary N) is 2. The summed E-state index contributed by atoms with van der Waals surface area (Å²) in [6.07, 6.45) is 0. The number of aromatic carboxylic acids is 1. The third kappa shape index (κ3) is 6.71. The highest BCUT2D eigenvalue weighted by Gasteiger charge is 2.14. The van der Waals surface area contributed by atoms with E-state index in [1.807, 2.05) is 62.4 Å². The van der Waals surface area contributed by atoms with E-state index >= 15 is 0 Å². The predicted molar refractivity (Wildman–Crippen MR) is 141 cm³/mol. The zero-order valence-corrected chi connectivity index (χ0v) is 20.7. The Hall–Kier alpha value is -3.62. The molecule has 0 spiro atoms. The monoisotopic (exact) mass is 506 g/mol. The van der Waals surface area contributed by atoms with Gasteiger partial charge in [0.1, 0.15) is 11.6 Å². The number of halogens is 1. The average molecular weight is 507 g/mol. The quantitative estimate of drug-likeness (QED) is 0.198. The largest absolute Gasteiger partial charge is 0.478 e. The maximum Gasteiger partial charge on any atom is 0.337 e. The van der Waals surface area contributed by atoms with Crippen LogP contribution in [0.3, 0.4) is 0 Å². The number of aryl methyl sites for hydroxylation is 2. The first-order valence-electron chi connectivity index (χ1n) is 10.7. The molecule has 5 nitrogen and oxygen atoms in total. The zero-order valence-electron chi connectivity index (χ0n) is 19.0. The van der Waals surface area contributed by atoms with Gasteiger partial charge in [0.2, 0.25) is 0 Å². The van der Waals surface area contributed by atoms with Crippen molar-refractivity contribution in [3.63, 3.8) is 0 Å². The Morgan fingerprint density at radius 2 is 1.31 bits per heavy atom.